The minimum Gasteiger partial charge on any atom is -0.445 e. The van der Waals surface area contributed by atoms with Crippen LogP contribution in [0.15, 0.2) is 30.3 Å². The number of nitrogens with zero attached hydrogens (tertiary/aromatic N) is 1. The van der Waals surface area contributed by atoms with Gasteiger partial charge in [-0.1, -0.05) is 30.3 Å². The van der Waals surface area contributed by atoms with Gasteiger partial charge in [0.05, 0.1) is 25.3 Å². The molecule has 2 unspecified atom stereocenters. The second kappa shape index (κ2) is 7.76. The van der Waals surface area contributed by atoms with Gasteiger partial charge in [-0.15, -0.1) is 0 Å². The molecule has 0 fully saturated rings. The predicted octanol–water partition coefficient (Wildman–Crippen LogP) is 1.39. The van der Waals surface area contributed by atoms with E-state index in [4.69, 9.17) is 9.84 Å². The average Bonchev–Trinajstić information content (AvgIpc) is 2.42. The van der Waals surface area contributed by atoms with E-state index in [2.05, 4.69) is 0 Å². The van der Waals surface area contributed by atoms with E-state index in [1.807, 2.05) is 30.3 Å². The van der Waals surface area contributed by atoms with E-state index in [1.165, 1.54) is 4.90 Å². The Kier molecular flexibility index (Phi) is 6.32. The first-order valence-corrected chi connectivity index (χ1v) is 6.30. The molecule has 1 aromatic carbocycles. The minimum atomic E-state index is -0.668. The molecule has 0 bridgehead atoms. The normalized spacial score (nSPS) is 13.7. The van der Waals surface area contributed by atoms with Crippen LogP contribution in [0.25, 0.3) is 0 Å². The molecular formula is C14H21NO4. The number of aliphatic hydroxyl groups excluding tert-OH is 2. The van der Waals surface area contributed by atoms with Gasteiger partial charge in [-0.05, 0) is 19.4 Å². The van der Waals surface area contributed by atoms with E-state index in [9.17, 15) is 9.90 Å². The molecular weight excluding hydrogens is 246 g/mol. The number of hydrogen-bond acceptors (Lipinski definition) is 4. The van der Waals surface area contributed by atoms with Crippen LogP contribution >= 0.6 is 0 Å². The molecule has 0 aliphatic rings. The Morgan fingerprint density at radius 2 is 1.95 bits per heavy atom. The fourth-order valence-electron chi connectivity index (χ4n) is 1.62. The molecule has 0 saturated heterocycles. The van der Waals surface area contributed by atoms with Crippen molar-refractivity contribution in [3.63, 3.8) is 0 Å². The maximum Gasteiger partial charge on any atom is 0.410 e. The number of carbonyl (C=O) groups is 1. The maximum atomic E-state index is 11.9. The molecule has 2 atom stereocenters. The van der Waals surface area contributed by atoms with Crippen molar-refractivity contribution in [2.24, 2.45) is 0 Å². The van der Waals surface area contributed by atoms with Gasteiger partial charge < -0.3 is 19.8 Å². The Hall–Kier alpha value is -1.59. The molecule has 0 aliphatic carbocycles. The van der Waals surface area contributed by atoms with Gasteiger partial charge in [0.15, 0.2) is 0 Å². The number of amides is 1. The number of carbonyl (C=O) groups excluding carboxylic acids is 1. The number of rotatable bonds is 6. The van der Waals surface area contributed by atoms with Crippen molar-refractivity contribution in [3.8, 4) is 0 Å². The third-order valence-electron chi connectivity index (χ3n) is 2.70. The number of aliphatic hydroxyl groups is 2. The summed E-state index contributed by atoms with van der Waals surface area (Å²) in [5.41, 5.74) is 0.893. The molecule has 1 amide bonds. The van der Waals surface area contributed by atoms with Crippen LogP contribution in [0.2, 0.25) is 0 Å². The van der Waals surface area contributed by atoms with E-state index in [0.717, 1.165) is 5.56 Å². The van der Waals surface area contributed by atoms with Gasteiger partial charge in [-0.2, -0.15) is 0 Å². The highest BCUT2D eigenvalue weighted by molar-refractivity contribution is 5.68. The quantitative estimate of drug-likeness (QED) is 0.817. The molecule has 5 nitrogen and oxygen atoms in total. The monoisotopic (exact) mass is 267 g/mol. The third-order valence-corrected chi connectivity index (χ3v) is 2.70. The fourth-order valence-corrected chi connectivity index (χ4v) is 1.62. The smallest absolute Gasteiger partial charge is 0.410 e. The summed E-state index contributed by atoms with van der Waals surface area (Å²) >= 11 is 0. The van der Waals surface area contributed by atoms with E-state index in [-0.39, 0.29) is 19.8 Å². The van der Waals surface area contributed by atoms with Crippen LogP contribution in [-0.4, -0.2) is 46.5 Å². The maximum absolute atomic E-state index is 11.9. The molecule has 1 rings (SSSR count). The lowest BCUT2D eigenvalue weighted by Crippen LogP contribution is -2.44. The van der Waals surface area contributed by atoms with E-state index >= 15 is 0 Å². The minimum absolute atomic E-state index is 0.134. The second-order valence-electron chi connectivity index (χ2n) is 4.57. The van der Waals surface area contributed by atoms with Crippen molar-refractivity contribution in [1.82, 2.24) is 4.90 Å². The van der Waals surface area contributed by atoms with Crippen molar-refractivity contribution in [2.45, 2.75) is 32.6 Å². The van der Waals surface area contributed by atoms with Crippen molar-refractivity contribution < 1.29 is 19.7 Å². The zero-order valence-electron chi connectivity index (χ0n) is 11.3. The standard InChI is InChI=1S/C14H21NO4/c1-11(9-16)15(8-12(2)17)14(18)19-10-13-6-4-3-5-7-13/h3-7,11-12,16-17H,8-10H2,1-2H3. The zero-order chi connectivity index (χ0) is 14.3. The first-order valence-electron chi connectivity index (χ1n) is 6.30. The lowest BCUT2D eigenvalue weighted by molar-refractivity contribution is 0.0456. The first kappa shape index (κ1) is 15.5. The number of ether oxygens (including phenoxy) is 1. The van der Waals surface area contributed by atoms with Crippen molar-refractivity contribution in [3.05, 3.63) is 35.9 Å². The Morgan fingerprint density at radius 1 is 1.32 bits per heavy atom. The van der Waals surface area contributed by atoms with Crippen LogP contribution in [0.1, 0.15) is 19.4 Å². The molecule has 0 aliphatic heterocycles. The van der Waals surface area contributed by atoms with Crippen LogP contribution in [0, 0.1) is 0 Å². The summed E-state index contributed by atoms with van der Waals surface area (Å²) in [5.74, 6) is 0. The second-order valence-corrected chi connectivity index (χ2v) is 4.57. The molecule has 0 heterocycles. The largest absolute Gasteiger partial charge is 0.445 e. The highest BCUT2D eigenvalue weighted by atomic mass is 16.6. The van der Waals surface area contributed by atoms with Gasteiger partial charge >= 0.3 is 6.09 Å². The zero-order valence-corrected chi connectivity index (χ0v) is 11.3. The summed E-state index contributed by atoms with van der Waals surface area (Å²) in [6.45, 7) is 3.42. The van der Waals surface area contributed by atoms with Crippen molar-refractivity contribution >= 4 is 6.09 Å². The average molecular weight is 267 g/mol. The number of hydrogen-bond donors (Lipinski definition) is 2. The van der Waals surface area contributed by atoms with Crippen LogP contribution < -0.4 is 0 Å². The number of benzene rings is 1. The van der Waals surface area contributed by atoms with Crippen LogP contribution in [0.3, 0.4) is 0 Å². The van der Waals surface area contributed by atoms with Gasteiger partial charge in [0.2, 0.25) is 0 Å². The first-order chi connectivity index (χ1) is 9.04. The van der Waals surface area contributed by atoms with E-state index in [0.29, 0.717) is 0 Å². The van der Waals surface area contributed by atoms with Crippen LogP contribution in [0.4, 0.5) is 4.79 Å². The molecule has 0 radical (unpaired) electrons. The SMILES string of the molecule is CC(O)CN(C(=O)OCc1ccccc1)C(C)CO. The van der Waals surface area contributed by atoms with Crippen molar-refractivity contribution in [1.29, 1.82) is 0 Å². The van der Waals surface area contributed by atoms with Gasteiger partial charge in [-0.25, -0.2) is 4.79 Å². The summed E-state index contributed by atoms with van der Waals surface area (Å²) in [4.78, 5) is 13.3. The van der Waals surface area contributed by atoms with Gasteiger partial charge in [-0.3, -0.25) is 0 Å². The lowest BCUT2D eigenvalue weighted by Gasteiger charge is -2.28. The van der Waals surface area contributed by atoms with E-state index < -0.39 is 18.2 Å². The lowest BCUT2D eigenvalue weighted by atomic mass is 10.2. The van der Waals surface area contributed by atoms with Gasteiger partial charge in [0, 0.05) is 0 Å². The molecule has 5 heteroatoms. The molecule has 106 valence electrons. The third kappa shape index (κ3) is 5.28. The van der Waals surface area contributed by atoms with Gasteiger partial charge in [0.25, 0.3) is 0 Å². The summed E-state index contributed by atoms with van der Waals surface area (Å²) in [6, 6.07) is 8.96. The molecule has 2 N–H and O–H groups in total. The van der Waals surface area contributed by atoms with E-state index in [1.54, 1.807) is 13.8 Å². The Labute approximate surface area is 113 Å². The fraction of sp³-hybridized carbons (Fsp3) is 0.500. The Bertz CT molecular complexity index is 380. The van der Waals surface area contributed by atoms with Crippen molar-refractivity contribution in [2.75, 3.05) is 13.2 Å². The Morgan fingerprint density at radius 3 is 2.47 bits per heavy atom. The van der Waals surface area contributed by atoms with Gasteiger partial charge in [0.1, 0.15) is 6.61 Å². The summed E-state index contributed by atoms with van der Waals surface area (Å²) < 4.78 is 5.18. The molecule has 1 aromatic rings. The molecule has 19 heavy (non-hydrogen) atoms. The van der Waals surface area contributed by atoms with Crippen LogP contribution in [0.5, 0.6) is 0 Å². The van der Waals surface area contributed by atoms with Crippen LogP contribution in [-0.2, 0) is 11.3 Å². The molecule has 0 aromatic heterocycles. The summed E-state index contributed by atoms with van der Waals surface area (Å²) in [7, 11) is 0. The summed E-state index contributed by atoms with van der Waals surface area (Å²) in [6.07, 6.45) is -1.20. The predicted molar refractivity (Wildman–Crippen MR) is 71.6 cm³/mol. The highest BCUT2D eigenvalue weighted by Gasteiger charge is 2.22. The highest BCUT2D eigenvalue weighted by Crippen LogP contribution is 2.07. The summed E-state index contributed by atoms with van der Waals surface area (Å²) in [5, 5.41) is 18.5. The molecule has 0 spiro atoms. The Balaban J connectivity index is 2.56. The topological polar surface area (TPSA) is 70.0 Å². The molecule has 0 saturated carbocycles.